The highest BCUT2D eigenvalue weighted by atomic mass is 16.6. The van der Waals surface area contributed by atoms with Crippen molar-refractivity contribution >= 4 is 11.5 Å². The van der Waals surface area contributed by atoms with Gasteiger partial charge in [0.05, 0.1) is 0 Å². The fraction of sp³-hybridized carbons (Fsp3) is 0.667. The van der Waals surface area contributed by atoms with Gasteiger partial charge in [-0.05, 0) is 6.42 Å². The zero-order valence-electron chi connectivity index (χ0n) is 5.97. The Hall–Kier alpha value is -0.860. The molecule has 0 heterocycles. The Morgan fingerprint density at radius 2 is 2.22 bits per heavy atom. The normalized spacial score (nSPS) is 11.2. The number of hydrogen-bond donors (Lipinski definition) is 0. The van der Waals surface area contributed by atoms with E-state index in [1.54, 1.807) is 0 Å². The molecule has 0 amide bonds. The molecule has 3 heteroatoms. The fourth-order valence-corrected chi connectivity index (χ4v) is 0.488. The van der Waals surface area contributed by atoms with Crippen LogP contribution in [0.5, 0.6) is 0 Å². The molecule has 0 saturated carbocycles. The molecule has 0 spiro atoms. The standard InChI is InChI=1S/C6H11NO2/c1-4-6(5(2)8)7-9-3/h4H2,1-3H3/b7-6+. The minimum absolute atomic E-state index is 0.0284. The molecule has 0 rings (SSSR count). The van der Waals surface area contributed by atoms with Crippen molar-refractivity contribution in [2.75, 3.05) is 7.11 Å². The summed E-state index contributed by atoms with van der Waals surface area (Å²) in [6, 6.07) is 0. The number of hydrogen-bond acceptors (Lipinski definition) is 3. The Kier molecular flexibility index (Phi) is 3.67. The Morgan fingerprint density at radius 1 is 1.67 bits per heavy atom. The summed E-state index contributed by atoms with van der Waals surface area (Å²) in [6.45, 7) is 3.33. The number of carbonyl (C=O) groups excluding carboxylic acids is 1. The van der Waals surface area contributed by atoms with Crippen LogP contribution in [0, 0.1) is 0 Å². The summed E-state index contributed by atoms with van der Waals surface area (Å²) in [4.78, 5) is 15.0. The lowest BCUT2D eigenvalue weighted by Gasteiger charge is -1.93. The third kappa shape index (κ3) is 2.85. The van der Waals surface area contributed by atoms with E-state index in [-0.39, 0.29) is 5.78 Å². The predicted molar refractivity (Wildman–Crippen MR) is 35.4 cm³/mol. The summed E-state index contributed by atoms with van der Waals surface area (Å²) < 4.78 is 0. The molecule has 0 atom stereocenters. The van der Waals surface area contributed by atoms with Gasteiger partial charge in [-0.1, -0.05) is 12.1 Å². The summed E-state index contributed by atoms with van der Waals surface area (Å²) in [5.41, 5.74) is 0.484. The quantitative estimate of drug-likeness (QED) is 0.421. The van der Waals surface area contributed by atoms with Crippen LogP contribution in [0.4, 0.5) is 0 Å². The molecular weight excluding hydrogens is 118 g/mol. The van der Waals surface area contributed by atoms with Gasteiger partial charge in [0.25, 0.3) is 0 Å². The lowest BCUT2D eigenvalue weighted by Crippen LogP contribution is -2.08. The molecule has 0 aliphatic rings. The lowest BCUT2D eigenvalue weighted by atomic mass is 10.2. The van der Waals surface area contributed by atoms with E-state index < -0.39 is 0 Å². The largest absolute Gasteiger partial charge is 0.399 e. The van der Waals surface area contributed by atoms with Crippen molar-refractivity contribution in [3.8, 4) is 0 Å². The van der Waals surface area contributed by atoms with Crippen molar-refractivity contribution < 1.29 is 9.63 Å². The highest BCUT2D eigenvalue weighted by Crippen LogP contribution is 1.87. The number of ketones is 1. The van der Waals surface area contributed by atoms with E-state index in [1.807, 2.05) is 6.92 Å². The van der Waals surface area contributed by atoms with Crippen molar-refractivity contribution in [1.82, 2.24) is 0 Å². The fourth-order valence-electron chi connectivity index (χ4n) is 0.488. The predicted octanol–water partition coefficient (Wildman–Crippen LogP) is 0.988. The van der Waals surface area contributed by atoms with Crippen LogP contribution in [0.3, 0.4) is 0 Å². The van der Waals surface area contributed by atoms with Crippen LogP contribution in [-0.4, -0.2) is 18.6 Å². The van der Waals surface area contributed by atoms with E-state index in [0.717, 1.165) is 0 Å². The van der Waals surface area contributed by atoms with E-state index in [1.165, 1.54) is 14.0 Å². The smallest absolute Gasteiger partial charge is 0.177 e. The van der Waals surface area contributed by atoms with Gasteiger partial charge in [-0.15, -0.1) is 0 Å². The van der Waals surface area contributed by atoms with Gasteiger partial charge in [0, 0.05) is 6.92 Å². The first-order chi connectivity index (χ1) is 4.22. The van der Waals surface area contributed by atoms with Crippen molar-refractivity contribution in [2.45, 2.75) is 20.3 Å². The van der Waals surface area contributed by atoms with Gasteiger partial charge in [-0.25, -0.2) is 0 Å². The second-order valence-electron chi connectivity index (χ2n) is 1.63. The molecule has 0 aliphatic carbocycles. The average Bonchev–Trinajstić information content (AvgIpc) is 1.82. The summed E-state index contributed by atoms with van der Waals surface area (Å²) in [7, 11) is 1.43. The van der Waals surface area contributed by atoms with Crippen LogP contribution < -0.4 is 0 Å². The molecule has 52 valence electrons. The molecule has 0 bridgehead atoms. The van der Waals surface area contributed by atoms with E-state index in [2.05, 4.69) is 9.99 Å². The van der Waals surface area contributed by atoms with Crippen LogP contribution in [0.25, 0.3) is 0 Å². The highest BCUT2D eigenvalue weighted by molar-refractivity contribution is 6.38. The molecule has 0 fully saturated rings. The lowest BCUT2D eigenvalue weighted by molar-refractivity contribution is -0.111. The van der Waals surface area contributed by atoms with Gasteiger partial charge in [0.2, 0.25) is 0 Å². The SMILES string of the molecule is CC/C(=N\OC)C(C)=O. The Bertz CT molecular complexity index is 129. The molecule has 0 aromatic heterocycles. The van der Waals surface area contributed by atoms with Gasteiger partial charge >= 0.3 is 0 Å². The Balaban J connectivity index is 3.98. The van der Waals surface area contributed by atoms with Crippen molar-refractivity contribution in [3.63, 3.8) is 0 Å². The van der Waals surface area contributed by atoms with E-state index in [0.29, 0.717) is 12.1 Å². The first kappa shape index (κ1) is 8.14. The summed E-state index contributed by atoms with van der Waals surface area (Å²) >= 11 is 0. The second-order valence-corrected chi connectivity index (χ2v) is 1.63. The van der Waals surface area contributed by atoms with Crippen LogP contribution in [-0.2, 0) is 9.63 Å². The molecule has 0 aliphatic heterocycles. The minimum Gasteiger partial charge on any atom is -0.399 e. The Morgan fingerprint density at radius 3 is 2.33 bits per heavy atom. The number of oxime groups is 1. The van der Waals surface area contributed by atoms with E-state index in [9.17, 15) is 4.79 Å². The number of carbonyl (C=O) groups is 1. The molecular formula is C6H11NO2. The Labute approximate surface area is 54.7 Å². The molecule has 0 unspecified atom stereocenters. The third-order valence-corrected chi connectivity index (χ3v) is 0.943. The maximum Gasteiger partial charge on any atom is 0.177 e. The minimum atomic E-state index is -0.0284. The molecule has 9 heavy (non-hydrogen) atoms. The summed E-state index contributed by atoms with van der Waals surface area (Å²) in [5.74, 6) is -0.0284. The average molecular weight is 129 g/mol. The molecule has 0 aromatic rings. The van der Waals surface area contributed by atoms with Crippen molar-refractivity contribution in [3.05, 3.63) is 0 Å². The maximum absolute atomic E-state index is 10.6. The van der Waals surface area contributed by atoms with Crippen LogP contribution >= 0.6 is 0 Å². The molecule has 0 N–H and O–H groups in total. The van der Waals surface area contributed by atoms with Crippen LogP contribution in [0.15, 0.2) is 5.16 Å². The van der Waals surface area contributed by atoms with Gasteiger partial charge in [0.15, 0.2) is 5.78 Å². The monoisotopic (exact) mass is 129 g/mol. The number of nitrogens with zero attached hydrogens (tertiary/aromatic N) is 1. The zero-order valence-corrected chi connectivity index (χ0v) is 5.97. The van der Waals surface area contributed by atoms with Gasteiger partial charge in [-0.3, -0.25) is 4.79 Å². The summed E-state index contributed by atoms with van der Waals surface area (Å²) in [6.07, 6.45) is 0.628. The number of rotatable bonds is 3. The topological polar surface area (TPSA) is 38.7 Å². The number of Topliss-reactive ketones (excluding diaryl/α,β-unsaturated/α-hetero) is 1. The summed E-state index contributed by atoms with van der Waals surface area (Å²) in [5, 5.41) is 3.51. The van der Waals surface area contributed by atoms with Gasteiger partial charge < -0.3 is 4.84 Å². The molecule has 3 nitrogen and oxygen atoms in total. The first-order valence-electron chi connectivity index (χ1n) is 2.83. The van der Waals surface area contributed by atoms with Crippen LogP contribution in [0.2, 0.25) is 0 Å². The highest BCUT2D eigenvalue weighted by Gasteiger charge is 2.01. The maximum atomic E-state index is 10.6. The van der Waals surface area contributed by atoms with Gasteiger partial charge in [-0.2, -0.15) is 0 Å². The second kappa shape index (κ2) is 4.06. The van der Waals surface area contributed by atoms with E-state index in [4.69, 9.17) is 0 Å². The molecule has 0 saturated heterocycles. The zero-order chi connectivity index (χ0) is 7.28. The van der Waals surface area contributed by atoms with E-state index >= 15 is 0 Å². The molecule has 0 aromatic carbocycles. The molecule has 0 radical (unpaired) electrons. The first-order valence-corrected chi connectivity index (χ1v) is 2.83. The third-order valence-electron chi connectivity index (χ3n) is 0.943. The van der Waals surface area contributed by atoms with Crippen molar-refractivity contribution in [1.29, 1.82) is 0 Å². The van der Waals surface area contributed by atoms with Crippen molar-refractivity contribution in [2.24, 2.45) is 5.16 Å². The van der Waals surface area contributed by atoms with Crippen LogP contribution in [0.1, 0.15) is 20.3 Å². The van der Waals surface area contributed by atoms with Gasteiger partial charge in [0.1, 0.15) is 12.8 Å².